The van der Waals surface area contributed by atoms with Gasteiger partial charge in [-0.15, -0.1) is 0 Å². The molecule has 0 bridgehead atoms. The van der Waals surface area contributed by atoms with Gasteiger partial charge in [-0.2, -0.15) is 5.10 Å². The molecule has 2 N–H and O–H groups in total. The lowest BCUT2D eigenvalue weighted by atomic mass is 10.1. The number of aromatic amines is 1. The average Bonchev–Trinajstić information content (AvgIpc) is 3.15. The van der Waals surface area contributed by atoms with Crippen LogP contribution in [0.5, 0.6) is 17.2 Å². The molecule has 3 aromatic rings. The number of amides is 1. The fraction of sp³-hybridized carbons (Fsp3) is 0.238. The lowest BCUT2D eigenvalue weighted by Gasteiger charge is -2.14. The summed E-state index contributed by atoms with van der Waals surface area (Å²) in [6.45, 7) is 1.92. The smallest absolute Gasteiger partial charge is 0.258 e. The van der Waals surface area contributed by atoms with E-state index < -0.39 is 11.7 Å². The zero-order chi connectivity index (χ0) is 21.0. The average molecular weight is 399 g/mol. The molecule has 7 nitrogen and oxygen atoms in total. The highest BCUT2D eigenvalue weighted by Gasteiger charge is 2.22. The molecule has 8 heteroatoms. The van der Waals surface area contributed by atoms with Crippen LogP contribution in [-0.2, 0) is 6.42 Å². The second kappa shape index (κ2) is 8.64. The fourth-order valence-corrected chi connectivity index (χ4v) is 3.02. The van der Waals surface area contributed by atoms with E-state index in [0.717, 1.165) is 0 Å². The zero-order valence-corrected chi connectivity index (χ0v) is 16.6. The standard InChI is InChI=1S/C21H22FN3O4/c1-5-15-19(23-21(26)13-8-6-7-9-14(13)22)18(25-24-15)12-10-16(27-2)20(29-4)17(11-12)28-3/h6-11H,5H2,1-4H3,(H,23,26)(H,24,25). The van der Waals surface area contributed by atoms with Crippen LogP contribution in [0.15, 0.2) is 36.4 Å². The van der Waals surface area contributed by atoms with Crippen LogP contribution in [0.25, 0.3) is 11.3 Å². The van der Waals surface area contributed by atoms with E-state index in [9.17, 15) is 9.18 Å². The summed E-state index contributed by atoms with van der Waals surface area (Å²) in [5.74, 6) is 0.194. The monoisotopic (exact) mass is 399 g/mol. The minimum atomic E-state index is -0.596. The Morgan fingerprint density at radius 1 is 1.10 bits per heavy atom. The number of nitrogens with zero attached hydrogens (tertiary/aromatic N) is 1. The number of hydrogen-bond acceptors (Lipinski definition) is 5. The van der Waals surface area contributed by atoms with Crippen LogP contribution < -0.4 is 19.5 Å². The third-order valence-electron chi connectivity index (χ3n) is 4.49. The van der Waals surface area contributed by atoms with Crippen molar-refractivity contribution in [3.8, 4) is 28.5 Å². The number of nitrogens with one attached hydrogen (secondary N) is 2. The normalized spacial score (nSPS) is 10.5. The van der Waals surface area contributed by atoms with Crippen LogP contribution >= 0.6 is 0 Å². The van der Waals surface area contributed by atoms with Crippen molar-refractivity contribution >= 4 is 11.6 Å². The highest BCUT2D eigenvalue weighted by molar-refractivity contribution is 6.06. The van der Waals surface area contributed by atoms with Crippen molar-refractivity contribution in [1.82, 2.24) is 10.2 Å². The molecule has 1 amide bonds. The first-order chi connectivity index (χ1) is 14.0. The molecule has 0 aliphatic heterocycles. The summed E-state index contributed by atoms with van der Waals surface area (Å²) < 4.78 is 30.2. The van der Waals surface area contributed by atoms with Gasteiger partial charge in [0.2, 0.25) is 5.75 Å². The molecule has 0 aliphatic rings. The summed E-state index contributed by atoms with van der Waals surface area (Å²) in [5.41, 5.74) is 2.24. The lowest BCUT2D eigenvalue weighted by molar-refractivity contribution is 0.102. The lowest BCUT2D eigenvalue weighted by Crippen LogP contribution is -2.15. The molecule has 0 saturated heterocycles. The minimum Gasteiger partial charge on any atom is -0.493 e. The van der Waals surface area contributed by atoms with Crippen LogP contribution in [0.1, 0.15) is 23.0 Å². The molecule has 3 rings (SSSR count). The number of H-pyrrole nitrogens is 1. The SMILES string of the molecule is CCc1[nH]nc(-c2cc(OC)c(OC)c(OC)c2)c1NC(=O)c1ccccc1F. The van der Waals surface area contributed by atoms with Crippen molar-refractivity contribution in [3.63, 3.8) is 0 Å². The first kappa shape index (κ1) is 20.2. The van der Waals surface area contributed by atoms with Crippen molar-refractivity contribution in [2.24, 2.45) is 0 Å². The van der Waals surface area contributed by atoms with Gasteiger partial charge in [-0.05, 0) is 30.7 Å². The first-order valence-corrected chi connectivity index (χ1v) is 8.97. The number of aryl methyl sites for hydroxylation is 1. The maximum Gasteiger partial charge on any atom is 0.258 e. The number of benzene rings is 2. The van der Waals surface area contributed by atoms with Crippen molar-refractivity contribution in [2.75, 3.05) is 26.6 Å². The van der Waals surface area contributed by atoms with Crippen molar-refractivity contribution in [1.29, 1.82) is 0 Å². The number of rotatable bonds is 7. The summed E-state index contributed by atoms with van der Waals surface area (Å²) in [7, 11) is 4.55. The molecule has 1 heterocycles. The maximum absolute atomic E-state index is 14.0. The van der Waals surface area contributed by atoms with Crippen molar-refractivity contribution in [3.05, 3.63) is 53.5 Å². The summed E-state index contributed by atoms with van der Waals surface area (Å²) in [6, 6.07) is 9.27. The van der Waals surface area contributed by atoms with E-state index in [0.29, 0.717) is 46.3 Å². The van der Waals surface area contributed by atoms with E-state index in [1.807, 2.05) is 6.92 Å². The van der Waals surface area contributed by atoms with Crippen molar-refractivity contribution in [2.45, 2.75) is 13.3 Å². The highest BCUT2D eigenvalue weighted by Crippen LogP contribution is 2.42. The van der Waals surface area contributed by atoms with Crippen LogP contribution in [0, 0.1) is 5.82 Å². The number of methoxy groups -OCH3 is 3. The predicted octanol–water partition coefficient (Wildman–Crippen LogP) is 4.06. The third kappa shape index (κ3) is 3.87. The van der Waals surface area contributed by atoms with Gasteiger partial charge in [-0.25, -0.2) is 4.39 Å². The molecule has 2 aromatic carbocycles. The second-order valence-corrected chi connectivity index (χ2v) is 6.13. The molecular weight excluding hydrogens is 377 g/mol. The zero-order valence-electron chi connectivity index (χ0n) is 16.6. The molecule has 0 atom stereocenters. The minimum absolute atomic E-state index is 0.0494. The largest absolute Gasteiger partial charge is 0.493 e. The summed E-state index contributed by atoms with van der Waals surface area (Å²) in [6.07, 6.45) is 0.588. The topological polar surface area (TPSA) is 85.5 Å². The quantitative estimate of drug-likeness (QED) is 0.626. The Morgan fingerprint density at radius 3 is 2.31 bits per heavy atom. The van der Waals surface area contributed by atoms with E-state index in [-0.39, 0.29) is 5.56 Å². The van der Waals surface area contributed by atoms with E-state index in [4.69, 9.17) is 14.2 Å². The molecule has 29 heavy (non-hydrogen) atoms. The molecule has 1 aromatic heterocycles. The van der Waals surface area contributed by atoms with E-state index in [2.05, 4.69) is 15.5 Å². The summed E-state index contributed by atoms with van der Waals surface area (Å²) in [5, 5.41) is 10.1. The third-order valence-corrected chi connectivity index (χ3v) is 4.49. The highest BCUT2D eigenvalue weighted by atomic mass is 19.1. The van der Waals surface area contributed by atoms with Crippen LogP contribution in [0.2, 0.25) is 0 Å². The predicted molar refractivity (Wildman–Crippen MR) is 107 cm³/mol. The molecule has 0 radical (unpaired) electrons. The summed E-state index contributed by atoms with van der Waals surface area (Å²) in [4.78, 5) is 12.7. The van der Waals surface area contributed by atoms with Crippen LogP contribution in [0.4, 0.5) is 10.1 Å². The first-order valence-electron chi connectivity index (χ1n) is 8.97. The molecule has 0 saturated carbocycles. The number of halogens is 1. The molecular formula is C21H22FN3O4. The Morgan fingerprint density at radius 2 is 1.76 bits per heavy atom. The Kier molecular flexibility index (Phi) is 6.01. The Bertz CT molecular complexity index is 1010. The van der Waals surface area contributed by atoms with Crippen LogP contribution in [-0.4, -0.2) is 37.4 Å². The number of hydrogen-bond donors (Lipinski definition) is 2. The number of carbonyl (C=O) groups is 1. The summed E-state index contributed by atoms with van der Waals surface area (Å²) >= 11 is 0. The van der Waals surface area contributed by atoms with Gasteiger partial charge in [0, 0.05) is 5.56 Å². The number of anilines is 1. The molecule has 0 unspecified atom stereocenters. The van der Waals surface area contributed by atoms with E-state index >= 15 is 0 Å². The van der Waals surface area contributed by atoms with E-state index in [1.165, 1.54) is 39.5 Å². The van der Waals surface area contributed by atoms with E-state index in [1.54, 1.807) is 18.2 Å². The Labute approximate surface area is 167 Å². The fourth-order valence-electron chi connectivity index (χ4n) is 3.02. The maximum atomic E-state index is 14.0. The van der Waals surface area contributed by atoms with Crippen LogP contribution in [0.3, 0.4) is 0 Å². The number of carbonyl (C=O) groups excluding carboxylic acids is 1. The van der Waals surface area contributed by atoms with Gasteiger partial charge in [-0.1, -0.05) is 19.1 Å². The number of aromatic nitrogens is 2. The Hall–Kier alpha value is -3.55. The van der Waals surface area contributed by atoms with Crippen molar-refractivity contribution < 1.29 is 23.4 Å². The van der Waals surface area contributed by atoms with Gasteiger partial charge in [-0.3, -0.25) is 9.89 Å². The van der Waals surface area contributed by atoms with Gasteiger partial charge in [0.05, 0.1) is 38.3 Å². The molecule has 0 fully saturated rings. The van der Waals surface area contributed by atoms with Gasteiger partial charge < -0.3 is 19.5 Å². The van der Waals surface area contributed by atoms with Gasteiger partial charge >= 0.3 is 0 Å². The molecule has 0 aliphatic carbocycles. The van der Waals surface area contributed by atoms with Gasteiger partial charge in [0.15, 0.2) is 11.5 Å². The Balaban J connectivity index is 2.08. The molecule has 0 spiro atoms. The number of ether oxygens (including phenoxy) is 3. The molecule has 152 valence electrons. The van der Waals surface area contributed by atoms with Gasteiger partial charge in [0.25, 0.3) is 5.91 Å². The second-order valence-electron chi connectivity index (χ2n) is 6.13. The van der Waals surface area contributed by atoms with Gasteiger partial charge in [0.1, 0.15) is 11.5 Å².